The van der Waals surface area contributed by atoms with Gasteiger partial charge in [-0.3, -0.25) is 0 Å². The van der Waals surface area contributed by atoms with Crippen molar-refractivity contribution < 1.29 is 50.0 Å². The molecule has 0 amide bonds. The number of rotatable bonds is 4. The minimum atomic E-state index is -1.62. The SMILES string of the molecule is COC1OC(CO)C(O)C(O)C1C1OC(CO)C(O)C(O)C1O. The third-order valence-corrected chi connectivity index (χ3v) is 4.47. The topological polar surface area (TPSA) is 169 Å². The fourth-order valence-electron chi connectivity index (χ4n) is 3.11. The van der Waals surface area contributed by atoms with Crippen LogP contribution >= 0.6 is 0 Å². The van der Waals surface area contributed by atoms with E-state index in [-0.39, 0.29) is 0 Å². The average molecular weight is 340 g/mol. The van der Waals surface area contributed by atoms with Crippen LogP contribution in [0.25, 0.3) is 0 Å². The monoisotopic (exact) mass is 340 g/mol. The van der Waals surface area contributed by atoms with E-state index in [1.807, 2.05) is 0 Å². The van der Waals surface area contributed by atoms with Crippen molar-refractivity contribution in [2.75, 3.05) is 20.3 Å². The molecule has 0 aromatic heterocycles. The zero-order chi connectivity index (χ0) is 17.3. The number of aliphatic hydroxyl groups is 7. The van der Waals surface area contributed by atoms with Gasteiger partial charge in [0.25, 0.3) is 0 Å². The third kappa shape index (κ3) is 3.37. The first-order chi connectivity index (χ1) is 10.9. The Morgan fingerprint density at radius 2 is 1.26 bits per heavy atom. The molecule has 2 aliphatic heterocycles. The van der Waals surface area contributed by atoms with Crippen LogP contribution in [-0.4, -0.2) is 111 Å². The summed E-state index contributed by atoms with van der Waals surface area (Å²) in [6, 6.07) is 0. The lowest BCUT2D eigenvalue weighted by molar-refractivity contribution is -0.325. The fourth-order valence-corrected chi connectivity index (χ4v) is 3.11. The summed E-state index contributed by atoms with van der Waals surface area (Å²) in [5.74, 6) is -1.12. The minimum absolute atomic E-state index is 0.556. The van der Waals surface area contributed by atoms with E-state index in [1.165, 1.54) is 7.11 Å². The summed E-state index contributed by atoms with van der Waals surface area (Å²) in [5, 5.41) is 68.5. The highest BCUT2D eigenvalue weighted by Crippen LogP contribution is 2.35. The molecule has 0 saturated carbocycles. The Hall–Kier alpha value is -0.400. The predicted molar refractivity (Wildman–Crippen MR) is 72.0 cm³/mol. The Morgan fingerprint density at radius 3 is 1.78 bits per heavy atom. The average Bonchev–Trinajstić information content (AvgIpc) is 2.56. The van der Waals surface area contributed by atoms with E-state index in [0.29, 0.717) is 0 Å². The molecule has 0 radical (unpaired) electrons. The largest absolute Gasteiger partial charge is 0.394 e. The molecule has 0 aromatic carbocycles. The standard InChI is InChI=1S/C13H24O10/c1-21-13-6(9(18)7(16)5(3-15)23-13)12-11(20)10(19)8(17)4(2-14)22-12/h4-20H,2-3H2,1H3. The van der Waals surface area contributed by atoms with Gasteiger partial charge in [-0.2, -0.15) is 0 Å². The zero-order valence-corrected chi connectivity index (χ0v) is 12.5. The summed E-state index contributed by atoms with van der Waals surface area (Å²) >= 11 is 0. The number of aliphatic hydroxyl groups excluding tert-OH is 7. The van der Waals surface area contributed by atoms with Crippen LogP contribution in [0.5, 0.6) is 0 Å². The summed E-state index contributed by atoms with van der Waals surface area (Å²) in [6.07, 6.45) is -12.4. The first kappa shape index (κ1) is 18.9. The Kier molecular flexibility index (Phi) is 6.30. The van der Waals surface area contributed by atoms with E-state index in [2.05, 4.69) is 0 Å². The van der Waals surface area contributed by atoms with Gasteiger partial charge in [0.05, 0.1) is 31.3 Å². The van der Waals surface area contributed by atoms with E-state index in [4.69, 9.17) is 19.3 Å². The van der Waals surface area contributed by atoms with Crippen molar-refractivity contribution in [1.29, 1.82) is 0 Å². The quantitative estimate of drug-likeness (QED) is 0.265. The van der Waals surface area contributed by atoms with E-state index in [0.717, 1.165) is 0 Å². The van der Waals surface area contributed by atoms with Crippen LogP contribution in [0.3, 0.4) is 0 Å². The van der Waals surface area contributed by atoms with Gasteiger partial charge >= 0.3 is 0 Å². The molecule has 10 atom stereocenters. The molecule has 2 fully saturated rings. The summed E-state index contributed by atoms with van der Waals surface area (Å²) < 4.78 is 15.8. The van der Waals surface area contributed by atoms with Crippen LogP contribution in [-0.2, 0) is 14.2 Å². The van der Waals surface area contributed by atoms with E-state index in [1.54, 1.807) is 0 Å². The van der Waals surface area contributed by atoms with Crippen molar-refractivity contribution in [3.05, 3.63) is 0 Å². The van der Waals surface area contributed by atoms with Crippen molar-refractivity contribution in [3.63, 3.8) is 0 Å². The Bertz CT molecular complexity index is 378. The first-order valence-electron chi connectivity index (χ1n) is 7.33. The van der Waals surface area contributed by atoms with Gasteiger partial charge in [0, 0.05) is 7.11 Å². The molecule has 10 unspecified atom stereocenters. The van der Waals surface area contributed by atoms with Crippen LogP contribution in [0.2, 0.25) is 0 Å². The van der Waals surface area contributed by atoms with Crippen molar-refractivity contribution in [3.8, 4) is 0 Å². The highest BCUT2D eigenvalue weighted by molar-refractivity contribution is 5.00. The third-order valence-electron chi connectivity index (χ3n) is 4.47. The summed E-state index contributed by atoms with van der Waals surface area (Å²) in [6.45, 7) is -1.18. The van der Waals surface area contributed by atoms with Crippen molar-refractivity contribution >= 4 is 0 Å². The molecule has 0 spiro atoms. The maximum absolute atomic E-state index is 10.3. The predicted octanol–water partition coefficient (Wildman–Crippen LogP) is -4.47. The molecular weight excluding hydrogens is 316 g/mol. The van der Waals surface area contributed by atoms with Crippen LogP contribution < -0.4 is 0 Å². The van der Waals surface area contributed by atoms with Gasteiger partial charge in [0.15, 0.2) is 6.29 Å². The summed E-state index contributed by atoms with van der Waals surface area (Å²) in [5.41, 5.74) is 0. The first-order valence-corrected chi connectivity index (χ1v) is 7.33. The van der Waals surface area contributed by atoms with Crippen molar-refractivity contribution in [2.24, 2.45) is 5.92 Å². The molecule has 10 heteroatoms. The second-order valence-electron chi connectivity index (χ2n) is 5.81. The minimum Gasteiger partial charge on any atom is -0.394 e. The van der Waals surface area contributed by atoms with Gasteiger partial charge in [0.2, 0.25) is 0 Å². The lowest BCUT2D eigenvalue weighted by Crippen LogP contribution is -2.67. The maximum Gasteiger partial charge on any atom is 0.165 e. The molecule has 2 heterocycles. The molecular formula is C13H24O10. The lowest BCUT2D eigenvalue weighted by Gasteiger charge is -2.49. The molecule has 23 heavy (non-hydrogen) atoms. The number of hydrogen-bond acceptors (Lipinski definition) is 10. The van der Waals surface area contributed by atoms with Crippen LogP contribution in [0.4, 0.5) is 0 Å². The lowest BCUT2D eigenvalue weighted by atomic mass is 9.80. The second kappa shape index (κ2) is 7.66. The van der Waals surface area contributed by atoms with Gasteiger partial charge in [-0.25, -0.2) is 0 Å². The van der Waals surface area contributed by atoms with Crippen LogP contribution in [0.1, 0.15) is 0 Å². The second-order valence-corrected chi connectivity index (χ2v) is 5.81. The number of methoxy groups -OCH3 is 1. The Labute approximate surface area is 132 Å². The highest BCUT2D eigenvalue weighted by Gasteiger charge is 2.55. The van der Waals surface area contributed by atoms with E-state index >= 15 is 0 Å². The summed E-state index contributed by atoms with van der Waals surface area (Å²) in [4.78, 5) is 0. The van der Waals surface area contributed by atoms with Crippen LogP contribution in [0.15, 0.2) is 0 Å². The molecule has 136 valence electrons. The highest BCUT2D eigenvalue weighted by atomic mass is 16.7. The molecule has 2 aliphatic rings. The molecule has 2 rings (SSSR count). The molecule has 0 aromatic rings. The molecule has 10 nitrogen and oxygen atoms in total. The molecule has 7 N–H and O–H groups in total. The Balaban J connectivity index is 2.26. The van der Waals surface area contributed by atoms with Gasteiger partial charge in [-0.15, -0.1) is 0 Å². The number of hydrogen-bond donors (Lipinski definition) is 7. The van der Waals surface area contributed by atoms with Gasteiger partial charge < -0.3 is 50.0 Å². The number of ether oxygens (including phenoxy) is 3. The van der Waals surface area contributed by atoms with Crippen molar-refractivity contribution in [1.82, 2.24) is 0 Å². The van der Waals surface area contributed by atoms with E-state index < -0.39 is 74.3 Å². The fraction of sp³-hybridized carbons (Fsp3) is 1.00. The Morgan fingerprint density at radius 1 is 0.739 bits per heavy atom. The van der Waals surface area contributed by atoms with E-state index in [9.17, 15) is 30.6 Å². The van der Waals surface area contributed by atoms with Crippen LogP contribution in [0, 0.1) is 5.92 Å². The zero-order valence-electron chi connectivity index (χ0n) is 12.5. The van der Waals surface area contributed by atoms with Gasteiger partial charge in [-0.1, -0.05) is 0 Å². The smallest absolute Gasteiger partial charge is 0.165 e. The molecule has 0 aliphatic carbocycles. The summed E-state index contributed by atoms with van der Waals surface area (Å²) in [7, 11) is 1.26. The van der Waals surface area contributed by atoms with Gasteiger partial charge in [-0.05, 0) is 0 Å². The van der Waals surface area contributed by atoms with Gasteiger partial charge in [0.1, 0.15) is 36.6 Å². The molecule has 0 bridgehead atoms. The maximum atomic E-state index is 10.3. The molecule has 2 saturated heterocycles. The normalized spacial score (nSPS) is 51.7. The van der Waals surface area contributed by atoms with Crippen molar-refractivity contribution in [2.45, 2.75) is 55.1 Å².